The summed E-state index contributed by atoms with van der Waals surface area (Å²) in [4.78, 5) is 17.7. The van der Waals surface area contributed by atoms with Crippen molar-refractivity contribution < 1.29 is 4.79 Å². The van der Waals surface area contributed by atoms with Gasteiger partial charge in [0.05, 0.1) is 10.6 Å². The molecule has 8 heteroatoms. The van der Waals surface area contributed by atoms with E-state index in [-0.39, 0.29) is 11.8 Å². The Hall–Kier alpha value is -2.06. The molecular formula is C16H19N5OS2. The molecule has 1 unspecified atom stereocenters. The molecule has 2 aromatic rings. The Bertz CT molecular complexity index is 845. The zero-order valence-corrected chi connectivity index (χ0v) is 15.0. The van der Waals surface area contributed by atoms with Gasteiger partial charge in [-0.25, -0.2) is 4.98 Å². The maximum atomic E-state index is 12.4. The molecule has 0 saturated carbocycles. The van der Waals surface area contributed by atoms with Crippen LogP contribution in [0.25, 0.3) is 10.7 Å². The van der Waals surface area contributed by atoms with Crippen molar-refractivity contribution in [2.45, 2.75) is 32.7 Å². The number of carbonyl (C=O) groups excluding carboxylic acids is 1. The van der Waals surface area contributed by atoms with Gasteiger partial charge in [0.1, 0.15) is 0 Å². The molecule has 1 aliphatic carbocycles. The highest BCUT2D eigenvalue weighted by atomic mass is 32.1. The lowest BCUT2D eigenvalue weighted by atomic mass is 9.94. The summed E-state index contributed by atoms with van der Waals surface area (Å²) in [7, 11) is 0. The number of carbonyl (C=O) groups is 1. The quantitative estimate of drug-likeness (QED) is 0.626. The summed E-state index contributed by atoms with van der Waals surface area (Å²) >= 11 is 6.66. The van der Waals surface area contributed by atoms with Gasteiger partial charge >= 0.3 is 0 Å². The van der Waals surface area contributed by atoms with Crippen LogP contribution in [0.4, 0.5) is 5.13 Å². The summed E-state index contributed by atoms with van der Waals surface area (Å²) in [5.74, 6) is 0.776. The molecule has 0 aliphatic heterocycles. The van der Waals surface area contributed by atoms with Gasteiger partial charge in [-0.2, -0.15) is 5.10 Å². The van der Waals surface area contributed by atoms with Gasteiger partial charge in [-0.15, -0.1) is 6.58 Å². The van der Waals surface area contributed by atoms with Crippen LogP contribution >= 0.6 is 23.6 Å². The van der Waals surface area contributed by atoms with E-state index in [1.807, 2.05) is 11.5 Å². The maximum Gasteiger partial charge on any atom is 0.229 e. The van der Waals surface area contributed by atoms with Crippen LogP contribution in [-0.4, -0.2) is 25.7 Å². The fourth-order valence-corrected chi connectivity index (χ4v) is 3.86. The first-order valence-corrected chi connectivity index (χ1v) is 9.02. The predicted octanol–water partition coefficient (Wildman–Crippen LogP) is 3.85. The van der Waals surface area contributed by atoms with E-state index in [1.54, 1.807) is 6.08 Å². The van der Waals surface area contributed by atoms with Crippen LogP contribution in [0.15, 0.2) is 24.8 Å². The van der Waals surface area contributed by atoms with Crippen molar-refractivity contribution in [2.75, 3.05) is 5.32 Å². The van der Waals surface area contributed by atoms with Crippen LogP contribution < -0.4 is 5.32 Å². The van der Waals surface area contributed by atoms with Gasteiger partial charge in [-0.05, 0) is 38.4 Å². The molecule has 1 amide bonds. The standard InChI is InChI=1S/C16H19N5OS2/c1-3-9-21-13(19-20-16(21)23)12-10(2)17-15(24-12)18-14(22)11-7-5-4-6-8-11/h3-5,11H,1,6-9H2,2H3,(H,20,23)(H,17,18,22). The molecule has 126 valence electrons. The summed E-state index contributed by atoms with van der Waals surface area (Å²) in [5.41, 5.74) is 0.818. The number of allylic oxidation sites excluding steroid dienone is 3. The van der Waals surface area contributed by atoms with E-state index in [0.717, 1.165) is 35.7 Å². The van der Waals surface area contributed by atoms with Crippen molar-refractivity contribution in [3.8, 4) is 10.7 Å². The number of aromatic nitrogens is 4. The number of nitrogens with zero attached hydrogens (tertiary/aromatic N) is 3. The van der Waals surface area contributed by atoms with E-state index < -0.39 is 0 Å². The minimum absolute atomic E-state index is 0.0259. The third-order valence-electron chi connectivity index (χ3n) is 3.94. The van der Waals surface area contributed by atoms with Crippen molar-refractivity contribution in [1.29, 1.82) is 0 Å². The zero-order valence-electron chi connectivity index (χ0n) is 13.4. The zero-order chi connectivity index (χ0) is 17.1. The predicted molar refractivity (Wildman–Crippen MR) is 98.6 cm³/mol. The molecule has 0 fully saturated rings. The first-order valence-electron chi connectivity index (χ1n) is 7.80. The van der Waals surface area contributed by atoms with Crippen LogP contribution in [0.2, 0.25) is 0 Å². The second-order valence-corrected chi connectivity index (χ2v) is 7.04. The molecule has 0 saturated heterocycles. The fourth-order valence-electron chi connectivity index (χ4n) is 2.69. The number of thiazole rings is 1. The van der Waals surface area contributed by atoms with Gasteiger partial charge in [0.25, 0.3) is 0 Å². The minimum atomic E-state index is 0.0259. The van der Waals surface area contributed by atoms with Crippen LogP contribution in [0.3, 0.4) is 0 Å². The molecule has 2 N–H and O–H groups in total. The van der Waals surface area contributed by atoms with E-state index in [2.05, 4.69) is 39.2 Å². The van der Waals surface area contributed by atoms with Crippen LogP contribution in [0, 0.1) is 17.6 Å². The van der Waals surface area contributed by atoms with Gasteiger partial charge < -0.3 is 5.32 Å². The lowest BCUT2D eigenvalue weighted by molar-refractivity contribution is -0.120. The van der Waals surface area contributed by atoms with Gasteiger partial charge in [-0.3, -0.25) is 14.5 Å². The second kappa shape index (κ2) is 7.23. The monoisotopic (exact) mass is 361 g/mol. The summed E-state index contributed by atoms with van der Waals surface area (Å²) in [6.45, 7) is 6.22. The summed E-state index contributed by atoms with van der Waals surface area (Å²) < 4.78 is 2.40. The number of rotatable bonds is 5. The lowest BCUT2D eigenvalue weighted by Gasteiger charge is -2.15. The molecule has 24 heavy (non-hydrogen) atoms. The van der Waals surface area contributed by atoms with Gasteiger partial charge in [-0.1, -0.05) is 29.6 Å². The van der Waals surface area contributed by atoms with Crippen LogP contribution in [0.5, 0.6) is 0 Å². The van der Waals surface area contributed by atoms with E-state index >= 15 is 0 Å². The normalized spacial score (nSPS) is 17.0. The van der Waals surface area contributed by atoms with Crippen molar-refractivity contribution in [1.82, 2.24) is 19.7 Å². The molecule has 0 bridgehead atoms. The van der Waals surface area contributed by atoms with Gasteiger partial charge in [0.2, 0.25) is 5.91 Å². The number of anilines is 1. The van der Waals surface area contributed by atoms with E-state index in [1.165, 1.54) is 11.3 Å². The highest BCUT2D eigenvalue weighted by molar-refractivity contribution is 7.71. The lowest BCUT2D eigenvalue weighted by Crippen LogP contribution is -2.23. The smallest absolute Gasteiger partial charge is 0.229 e. The van der Waals surface area contributed by atoms with Crippen molar-refractivity contribution >= 4 is 34.6 Å². The second-order valence-electron chi connectivity index (χ2n) is 5.66. The van der Waals surface area contributed by atoms with Crippen molar-refractivity contribution in [2.24, 2.45) is 5.92 Å². The minimum Gasteiger partial charge on any atom is -0.302 e. The fraction of sp³-hybridized carbons (Fsp3) is 0.375. The Balaban J connectivity index is 1.83. The topological polar surface area (TPSA) is 75.6 Å². The molecule has 3 rings (SSSR count). The Morgan fingerprint density at radius 3 is 3.17 bits per heavy atom. The van der Waals surface area contributed by atoms with E-state index in [0.29, 0.717) is 16.4 Å². The SMILES string of the molecule is C=CCn1c(-c2sc(NC(=O)C3CC=CCC3)nc2C)n[nH]c1=S. The first-order chi connectivity index (χ1) is 11.6. The number of nitrogens with one attached hydrogen (secondary N) is 2. The Kier molecular flexibility index (Phi) is 5.06. The van der Waals surface area contributed by atoms with Crippen LogP contribution in [0.1, 0.15) is 25.0 Å². The molecule has 1 aliphatic rings. The maximum absolute atomic E-state index is 12.4. The van der Waals surface area contributed by atoms with Crippen LogP contribution in [-0.2, 0) is 11.3 Å². The molecule has 0 radical (unpaired) electrons. The highest BCUT2D eigenvalue weighted by Gasteiger charge is 2.21. The summed E-state index contributed by atoms with van der Waals surface area (Å²) in [6, 6.07) is 0. The molecule has 0 spiro atoms. The highest BCUT2D eigenvalue weighted by Crippen LogP contribution is 2.32. The Morgan fingerprint density at radius 2 is 2.46 bits per heavy atom. The Labute approximate surface area is 149 Å². The molecule has 0 aromatic carbocycles. The first kappa shape index (κ1) is 16.8. The number of aryl methyl sites for hydroxylation is 1. The number of hydrogen-bond donors (Lipinski definition) is 2. The van der Waals surface area contributed by atoms with E-state index in [4.69, 9.17) is 12.2 Å². The number of aromatic amines is 1. The summed E-state index contributed by atoms with van der Waals surface area (Å²) in [5, 5.41) is 10.6. The number of amides is 1. The molecular weight excluding hydrogens is 342 g/mol. The molecule has 1 atom stereocenters. The molecule has 2 aromatic heterocycles. The van der Waals surface area contributed by atoms with Crippen molar-refractivity contribution in [3.63, 3.8) is 0 Å². The van der Waals surface area contributed by atoms with E-state index in [9.17, 15) is 4.79 Å². The summed E-state index contributed by atoms with van der Waals surface area (Å²) in [6.07, 6.45) is 8.59. The third-order valence-corrected chi connectivity index (χ3v) is 5.32. The number of H-pyrrole nitrogens is 1. The average molecular weight is 361 g/mol. The van der Waals surface area contributed by atoms with Gasteiger partial charge in [0.15, 0.2) is 15.7 Å². The Morgan fingerprint density at radius 1 is 1.62 bits per heavy atom. The molecule has 2 heterocycles. The van der Waals surface area contributed by atoms with Gasteiger partial charge in [0, 0.05) is 12.5 Å². The van der Waals surface area contributed by atoms with Crippen molar-refractivity contribution in [3.05, 3.63) is 35.3 Å². The largest absolute Gasteiger partial charge is 0.302 e. The third kappa shape index (κ3) is 3.39. The molecule has 6 nitrogen and oxygen atoms in total. The average Bonchev–Trinajstić information content (AvgIpc) is 3.12. The number of hydrogen-bond acceptors (Lipinski definition) is 5.